The molecule has 0 bridgehead atoms. The Morgan fingerprint density at radius 2 is 1.97 bits per heavy atom. The zero-order valence-corrected chi connectivity index (χ0v) is 15.5. The Balaban J connectivity index is 1.65. The second-order valence-electron chi connectivity index (χ2n) is 6.40. The lowest BCUT2D eigenvalue weighted by atomic mass is 10.1. The van der Waals surface area contributed by atoms with Crippen molar-refractivity contribution in [3.05, 3.63) is 58.1 Å². The summed E-state index contributed by atoms with van der Waals surface area (Å²) in [7, 11) is 0. The Labute approximate surface area is 166 Å². The van der Waals surface area contributed by atoms with Crippen LogP contribution in [0.15, 0.2) is 41.5 Å². The van der Waals surface area contributed by atoms with Gasteiger partial charge in [0.15, 0.2) is 11.5 Å². The fourth-order valence-electron chi connectivity index (χ4n) is 3.00. The maximum absolute atomic E-state index is 13.0. The molecule has 0 fully saturated rings. The molecule has 0 saturated heterocycles. The molecule has 154 valence electrons. The fraction of sp³-hybridized carbons (Fsp3) is 0.222. The highest BCUT2D eigenvalue weighted by Gasteiger charge is 2.31. The van der Waals surface area contributed by atoms with E-state index in [2.05, 4.69) is 25.7 Å². The van der Waals surface area contributed by atoms with E-state index in [1.807, 2.05) is 0 Å². The standard InChI is InChI=1S/C18H14F3N7O2/c1-2-27-13-7-10(18(19,20)21)3-4-11(13)17(30)12(25-27)8-16(29)23-14-5-6-15-24-22-9-28(15)26-14/h3-7,9H,2,8H2,1H3,(H,23,26,29). The van der Waals surface area contributed by atoms with Crippen LogP contribution in [0.2, 0.25) is 0 Å². The molecule has 0 aliphatic rings. The molecular formula is C18H14F3N7O2. The number of alkyl halides is 3. The number of carbonyl (C=O) groups excluding carboxylic acids is 1. The Morgan fingerprint density at radius 3 is 2.70 bits per heavy atom. The molecule has 30 heavy (non-hydrogen) atoms. The Kier molecular flexibility index (Phi) is 4.68. The van der Waals surface area contributed by atoms with Gasteiger partial charge in [0.1, 0.15) is 12.0 Å². The number of fused-ring (bicyclic) bond motifs is 2. The van der Waals surface area contributed by atoms with Gasteiger partial charge in [0, 0.05) is 11.9 Å². The topological polar surface area (TPSA) is 107 Å². The van der Waals surface area contributed by atoms with E-state index in [4.69, 9.17) is 0 Å². The van der Waals surface area contributed by atoms with Gasteiger partial charge in [-0.2, -0.15) is 22.8 Å². The van der Waals surface area contributed by atoms with Crippen LogP contribution >= 0.6 is 0 Å². The lowest BCUT2D eigenvalue weighted by molar-refractivity contribution is -0.137. The SMILES string of the molecule is CCn1nc(CC(=O)Nc2ccc3nncn3n2)c(=O)c2ccc(C(F)(F)F)cc21. The summed E-state index contributed by atoms with van der Waals surface area (Å²) < 4.78 is 41.7. The molecular weight excluding hydrogens is 403 g/mol. The number of anilines is 1. The molecule has 0 spiro atoms. The van der Waals surface area contributed by atoms with Gasteiger partial charge in [-0.05, 0) is 37.3 Å². The zero-order chi connectivity index (χ0) is 21.5. The van der Waals surface area contributed by atoms with E-state index < -0.39 is 23.1 Å². The number of nitrogens with one attached hydrogen (secondary N) is 1. The van der Waals surface area contributed by atoms with E-state index in [1.165, 1.54) is 21.6 Å². The van der Waals surface area contributed by atoms with Crippen molar-refractivity contribution in [1.29, 1.82) is 0 Å². The molecule has 0 aliphatic heterocycles. The minimum absolute atomic E-state index is 0.0567. The molecule has 3 heterocycles. The first-order valence-corrected chi connectivity index (χ1v) is 8.84. The quantitative estimate of drug-likeness (QED) is 0.545. The summed E-state index contributed by atoms with van der Waals surface area (Å²) in [5.41, 5.74) is -0.999. The number of halogens is 3. The fourth-order valence-corrected chi connectivity index (χ4v) is 3.00. The molecule has 1 N–H and O–H groups in total. The van der Waals surface area contributed by atoms with Crippen LogP contribution in [-0.4, -0.2) is 35.5 Å². The number of hydrogen-bond donors (Lipinski definition) is 1. The van der Waals surface area contributed by atoms with Gasteiger partial charge in [-0.25, -0.2) is 0 Å². The summed E-state index contributed by atoms with van der Waals surface area (Å²) in [5, 5.41) is 18.3. The van der Waals surface area contributed by atoms with Crippen LogP contribution in [0.25, 0.3) is 16.6 Å². The molecule has 0 radical (unpaired) electrons. The molecule has 4 rings (SSSR count). The van der Waals surface area contributed by atoms with E-state index >= 15 is 0 Å². The van der Waals surface area contributed by atoms with Crippen LogP contribution in [0.4, 0.5) is 19.0 Å². The van der Waals surface area contributed by atoms with Gasteiger partial charge in [-0.15, -0.1) is 15.3 Å². The predicted octanol–water partition coefficient (Wildman–Crippen LogP) is 2.05. The third-order valence-corrected chi connectivity index (χ3v) is 4.41. The second kappa shape index (κ2) is 7.21. The van der Waals surface area contributed by atoms with Crippen molar-refractivity contribution >= 4 is 28.3 Å². The Bertz CT molecular complexity index is 1330. The summed E-state index contributed by atoms with van der Waals surface area (Å²) in [5.74, 6) is -0.327. The van der Waals surface area contributed by atoms with Crippen molar-refractivity contribution in [2.45, 2.75) is 26.1 Å². The van der Waals surface area contributed by atoms with Crippen LogP contribution in [0.5, 0.6) is 0 Å². The number of carbonyl (C=O) groups is 1. The summed E-state index contributed by atoms with van der Waals surface area (Å²) >= 11 is 0. The number of aromatic nitrogens is 6. The van der Waals surface area contributed by atoms with Gasteiger partial charge >= 0.3 is 6.18 Å². The van der Waals surface area contributed by atoms with Crippen LogP contribution < -0.4 is 10.7 Å². The Morgan fingerprint density at radius 1 is 1.17 bits per heavy atom. The maximum atomic E-state index is 13.0. The molecule has 1 amide bonds. The summed E-state index contributed by atoms with van der Waals surface area (Å²) in [4.78, 5) is 25.1. The lowest BCUT2D eigenvalue weighted by Gasteiger charge is -2.13. The van der Waals surface area contributed by atoms with Crippen LogP contribution in [0, 0.1) is 0 Å². The number of hydrogen-bond acceptors (Lipinski definition) is 6. The predicted molar refractivity (Wildman–Crippen MR) is 99.8 cm³/mol. The third kappa shape index (κ3) is 3.58. The number of aryl methyl sites for hydroxylation is 1. The highest BCUT2D eigenvalue weighted by molar-refractivity contribution is 5.91. The van der Waals surface area contributed by atoms with Crippen LogP contribution in [-0.2, 0) is 23.9 Å². The first kappa shape index (κ1) is 19.5. The molecule has 0 unspecified atom stereocenters. The van der Waals surface area contributed by atoms with E-state index in [9.17, 15) is 22.8 Å². The Hall–Kier alpha value is -3.83. The molecule has 0 atom stereocenters. The molecule has 3 aromatic heterocycles. The average molecular weight is 417 g/mol. The summed E-state index contributed by atoms with van der Waals surface area (Å²) in [6, 6.07) is 5.96. The second-order valence-corrected chi connectivity index (χ2v) is 6.40. The highest BCUT2D eigenvalue weighted by Crippen LogP contribution is 2.30. The molecule has 9 nitrogen and oxygen atoms in total. The van der Waals surface area contributed by atoms with E-state index in [1.54, 1.807) is 13.0 Å². The first-order valence-electron chi connectivity index (χ1n) is 8.84. The van der Waals surface area contributed by atoms with Crippen molar-refractivity contribution in [1.82, 2.24) is 29.6 Å². The molecule has 0 saturated carbocycles. The number of nitrogens with zero attached hydrogens (tertiary/aromatic N) is 6. The van der Waals surface area contributed by atoms with Gasteiger partial charge < -0.3 is 5.32 Å². The van der Waals surface area contributed by atoms with E-state index in [0.29, 0.717) is 5.65 Å². The lowest BCUT2D eigenvalue weighted by Crippen LogP contribution is -2.25. The largest absolute Gasteiger partial charge is 0.416 e. The molecule has 0 aliphatic carbocycles. The number of benzene rings is 1. The average Bonchev–Trinajstić information content (AvgIpc) is 3.17. The maximum Gasteiger partial charge on any atom is 0.416 e. The van der Waals surface area contributed by atoms with Crippen LogP contribution in [0.1, 0.15) is 18.2 Å². The minimum atomic E-state index is -4.54. The van der Waals surface area contributed by atoms with Gasteiger partial charge in [-0.3, -0.25) is 14.3 Å². The molecule has 12 heteroatoms. The smallest absolute Gasteiger partial charge is 0.309 e. The van der Waals surface area contributed by atoms with Crippen LogP contribution in [0.3, 0.4) is 0 Å². The van der Waals surface area contributed by atoms with Crippen molar-refractivity contribution in [3.63, 3.8) is 0 Å². The van der Waals surface area contributed by atoms with Crippen molar-refractivity contribution < 1.29 is 18.0 Å². The summed E-state index contributed by atoms with van der Waals surface area (Å²) in [6.07, 6.45) is -3.54. The normalized spacial score (nSPS) is 11.9. The van der Waals surface area contributed by atoms with Gasteiger partial charge in [0.25, 0.3) is 0 Å². The number of rotatable bonds is 4. The number of amides is 1. The first-order chi connectivity index (χ1) is 14.3. The van der Waals surface area contributed by atoms with E-state index in [-0.39, 0.29) is 35.4 Å². The third-order valence-electron chi connectivity index (χ3n) is 4.41. The highest BCUT2D eigenvalue weighted by atomic mass is 19.4. The molecule has 4 aromatic rings. The monoisotopic (exact) mass is 417 g/mol. The van der Waals surface area contributed by atoms with E-state index in [0.717, 1.165) is 18.2 Å². The van der Waals surface area contributed by atoms with Crippen molar-refractivity contribution in [2.75, 3.05) is 5.32 Å². The van der Waals surface area contributed by atoms with Crippen molar-refractivity contribution in [3.8, 4) is 0 Å². The van der Waals surface area contributed by atoms with Gasteiger partial charge in [0.05, 0.1) is 17.5 Å². The minimum Gasteiger partial charge on any atom is -0.309 e. The zero-order valence-electron chi connectivity index (χ0n) is 15.5. The molecule has 1 aromatic carbocycles. The van der Waals surface area contributed by atoms with Gasteiger partial charge in [0.2, 0.25) is 11.3 Å². The van der Waals surface area contributed by atoms with Crippen molar-refractivity contribution in [2.24, 2.45) is 0 Å². The van der Waals surface area contributed by atoms with Gasteiger partial charge in [-0.1, -0.05) is 0 Å². The summed E-state index contributed by atoms with van der Waals surface area (Å²) in [6.45, 7) is 1.90.